The molecule has 2 heterocycles. The number of ether oxygens (including phenoxy) is 4. The third-order valence-electron chi connectivity index (χ3n) is 7.32. The van der Waals surface area contributed by atoms with E-state index in [1.807, 2.05) is 26.0 Å². The molecule has 0 bridgehead atoms. The third kappa shape index (κ3) is 7.67. The van der Waals surface area contributed by atoms with Gasteiger partial charge in [-0.05, 0) is 48.6 Å². The zero-order valence-corrected chi connectivity index (χ0v) is 24.1. The Bertz CT molecular complexity index is 1190. The number of hydrogen-bond donors (Lipinski definition) is 2. The number of carbonyl (C=O) groups is 1. The number of nitrogens with zero attached hydrogens (tertiary/aromatic N) is 1. The lowest BCUT2D eigenvalue weighted by Gasteiger charge is -2.31. The summed E-state index contributed by atoms with van der Waals surface area (Å²) in [6.07, 6.45) is 0.659. The van der Waals surface area contributed by atoms with Crippen molar-refractivity contribution in [2.45, 2.75) is 56.1 Å². The first kappa shape index (κ1) is 30.6. The van der Waals surface area contributed by atoms with E-state index in [0.717, 1.165) is 18.3 Å². The molecule has 2 aromatic rings. The quantitative estimate of drug-likeness (QED) is 0.243. The Kier molecular flexibility index (Phi) is 10.7. The first-order chi connectivity index (χ1) is 19.2. The summed E-state index contributed by atoms with van der Waals surface area (Å²) < 4.78 is 51.1. The molecule has 2 aliphatic rings. The second-order valence-electron chi connectivity index (χ2n) is 10.7. The van der Waals surface area contributed by atoms with E-state index >= 15 is 0 Å². The Balaban J connectivity index is 1.49. The summed E-state index contributed by atoms with van der Waals surface area (Å²) in [5.74, 6) is 0.773. The lowest BCUT2D eigenvalue weighted by atomic mass is 10.00. The van der Waals surface area contributed by atoms with Gasteiger partial charge in [0, 0.05) is 30.6 Å². The minimum atomic E-state index is -3.89. The van der Waals surface area contributed by atoms with Crippen LogP contribution in [-0.2, 0) is 30.7 Å². The molecule has 0 radical (unpaired) electrons. The van der Waals surface area contributed by atoms with Gasteiger partial charge in [0.15, 0.2) is 6.29 Å². The van der Waals surface area contributed by atoms with Crippen molar-refractivity contribution in [2.75, 3.05) is 40.1 Å². The molecule has 0 spiro atoms. The summed E-state index contributed by atoms with van der Waals surface area (Å²) in [6, 6.07) is 12.8. The maximum absolute atomic E-state index is 13.6. The van der Waals surface area contributed by atoms with E-state index in [1.165, 1.54) is 23.5 Å². The van der Waals surface area contributed by atoms with Crippen LogP contribution in [0.25, 0.3) is 0 Å². The van der Waals surface area contributed by atoms with E-state index in [0.29, 0.717) is 30.9 Å². The molecule has 0 amide bonds. The Hall–Kier alpha value is -2.38. The molecule has 40 heavy (non-hydrogen) atoms. The molecule has 2 unspecified atom stereocenters. The van der Waals surface area contributed by atoms with E-state index in [9.17, 15) is 18.3 Å². The maximum Gasteiger partial charge on any atom is 0.243 e. The number of rotatable bonds is 15. The monoisotopic (exact) mass is 576 g/mol. The van der Waals surface area contributed by atoms with E-state index in [1.54, 1.807) is 24.3 Å². The van der Waals surface area contributed by atoms with Gasteiger partial charge in [0.2, 0.25) is 10.0 Å². The van der Waals surface area contributed by atoms with Gasteiger partial charge in [0.05, 0.1) is 44.2 Å². The number of sulfonamides is 1. The fraction of sp³-hybridized carbons (Fsp3) is 0.552. The van der Waals surface area contributed by atoms with Crippen molar-refractivity contribution < 1.29 is 37.3 Å². The van der Waals surface area contributed by atoms with Crippen molar-refractivity contribution in [2.24, 2.45) is 11.8 Å². The van der Waals surface area contributed by atoms with Crippen LogP contribution >= 0.6 is 0 Å². The highest BCUT2D eigenvalue weighted by Crippen LogP contribution is 2.32. The summed E-state index contributed by atoms with van der Waals surface area (Å²) in [5.41, 5.74) is 1.45. The second kappa shape index (κ2) is 14.0. The van der Waals surface area contributed by atoms with Crippen LogP contribution in [0.1, 0.15) is 36.2 Å². The number of carbonyl (C=O) groups excluding carboxylic acids is 1. The predicted octanol–water partition coefficient (Wildman–Crippen LogP) is 2.45. The molecule has 4 rings (SSSR count). The van der Waals surface area contributed by atoms with Gasteiger partial charge in [0.1, 0.15) is 12.0 Å². The zero-order chi connectivity index (χ0) is 28.7. The maximum atomic E-state index is 13.6. The minimum absolute atomic E-state index is 0.0368. The Labute approximate surface area is 236 Å². The molecule has 0 aliphatic carbocycles. The lowest BCUT2D eigenvalue weighted by molar-refractivity contribution is -0.0909. The Morgan fingerprint density at radius 1 is 1.10 bits per heavy atom. The average Bonchev–Trinajstić information content (AvgIpc) is 3.57. The van der Waals surface area contributed by atoms with Crippen LogP contribution in [0.3, 0.4) is 0 Å². The molecule has 10 nitrogen and oxygen atoms in total. The SMILES string of the molecule is COc1ccc(S(=O)(=O)N(CC(C)C)C[C@@H](O)[C@H](Cc2ccc(C=O)cc2)NCO[C@H]2COC3OCCC32)cc1. The molecule has 5 atom stereocenters. The van der Waals surface area contributed by atoms with Crippen molar-refractivity contribution in [1.29, 1.82) is 0 Å². The van der Waals surface area contributed by atoms with Gasteiger partial charge >= 0.3 is 0 Å². The molecule has 2 fully saturated rings. The van der Waals surface area contributed by atoms with E-state index in [2.05, 4.69) is 5.32 Å². The number of benzene rings is 2. The van der Waals surface area contributed by atoms with Gasteiger partial charge in [-0.2, -0.15) is 4.31 Å². The summed E-state index contributed by atoms with van der Waals surface area (Å²) in [4.78, 5) is 11.2. The van der Waals surface area contributed by atoms with Gasteiger partial charge in [-0.15, -0.1) is 0 Å². The standard InChI is InChI=1S/C29H40N2O8S/c1-20(2)15-31(40(34,35)24-10-8-23(36-3)9-11-24)16-27(33)26(14-21-4-6-22(17-32)7-5-21)30-19-39-28-18-38-29-25(28)12-13-37-29/h4-11,17,20,25-30,33H,12-16,18-19H2,1-3H3/t25?,26-,27+,28-,29?/m0/s1. The van der Waals surface area contributed by atoms with Crippen molar-refractivity contribution >= 4 is 16.3 Å². The van der Waals surface area contributed by atoms with Crippen molar-refractivity contribution in [3.8, 4) is 5.75 Å². The topological polar surface area (TPSA) is 124 Å². The highest BCUT2D eigenvalue weighted by atomic mass is 32.2. The second-order valence-corrected chi connectivity index (χ2v) is 12.6. The summed E-state index contributed by atoms with van der Waals surface area (Å²) in [6.45, 7) is 5.25. The first-order valence-electron chi connectivity index (χ1n) is 13.7. The summed E-state index contributed by atoms with van der Waals surface area (Å²) >= 11 is 0. The molecule has 2 N–H and O–H groups in total. The van der Waals surface area contributed by atoms with Crippen LogP contribution in [0.2, 0.25) is 0 Å². The van der Waals surface area contributed by atoms with Crippen LogP contribution < -0.4 is 10.1 Å². The van der Waals surface area contributed by atoms with Gasteiger partial charge < -0.3 is 24.1 Å². The number of methoxy groups -OCH3 is 1. The predicted molar refractivity (Wildman–Crippen MR) is 149 cm³/mol. The number of aldehydes is 1. The van der Waals surface area contributed by atoms with Crippen LogP contribution in [0.4, 0.5) is 0 Å². The first-order valence-corrected chi connectivity index (χ1v) is 15.1. The van der Waals surface area contributed by atoms with E-state index in [-0.39, 0.29) is 48.9 Å². The average molecular weight is 577 g/mol. The molecular weight excluding hydrogens is 536 g/mol. The molecule has 2 aromatic carbocycles. The number of hydrogen-bond acceptors (Lipinski definition) is 9. The van der Waals surface area contributed by atoms with Crippen molar-refractivity contribution in [3.63, 3.8) is 0 Å². The zero-order valence-electron chi connectivity index (χ0n) is 23.3. The molecule has 0 aromatic heterocycles. The Morgan fingerprint density at radius 2 is 1.82 bits per heavy atom. The third-order valence-corrected chi connectivity index (χ3v) is 9.17. The summed E-state index contributed by atoms with van der Waals surface area (Å²) in [5, 5.41) is 14.7. The number of fused-ring (bicyclic) bond motifs is 1. The number of aliphatic hydroxyl groups excluding tert-OH is 1. The molecule has 11 heteroatoms. The fourth-order valence-corrected chi connectivity index (χ4v) is 6.72. The molecule has 2 aliphatic heterocycles. The smallest absolute Gasteiger partial charge is 0.243 e. The highest BCUT2D eigenvalue weighted by molar-refractivity contribution is 7.89. The van der Waals surface area contributed by atoms with Crippen LogP contribution in [0.5, 0.6) is 5.75 Å². The van der Waals surface area contributed by atoms with Crippen molar-refractivity contribution in [1.82, 2.24) is 9.62 Å². The normalized spacial score (nSPS) is 22.4. The van der Waals surface area contributed by atoms with Gasteiger partial charge in [-0.1, -0.05) is 38.1 Å². The number of nitrogens with one attached hydrogen (secondary N) is 1. The minimum Gasteiger partial charge on any atom is -0.497 e. The van der Waals surface area contributed by atoms with E-state index in [4.69, 9.17) is 18.9 Å². The molecular formula is C29H40N2O8S. The Morgan fingerprint density at radius 3 is 2.48 bits per heavy atom. The fourth-order valence-electron chi connectivity index (χ4n) is 5.10. The largest absolute Gasteiger partial charge is 0.497 e. The number of aliphatic hydroxyl groups is 1. The van der Waals surface area contributed by atoms with Crippen LogP contribution in [-0.4, -0.2) is 88.8 Å². The molecule has 2 saturated heterocycles. The highest BCUT2D eigenvalue weighted by Gasteiger charge is 2.42. The van der Waals surface area contributed by atoms with E-state index < -0.39 is 22.2 Å². The van der Waals surface area contributed by atoms with Crippen molar-refractivity contribution in [3.05, 3.63) is 59.7 Å². The summed E-state index contributed by atoms with van der Waals surface area (Å²) in [7, 11) is -2.36. The molecule has 0 saturated carbocycles. The van der Waals surface area contributed by atoms with Crippen LogP contribution in [0, 0.1) is 11.8 Å². The lowest BCUT2D eigenvalue weighted by Crippen LogP contribution is -2.50. The van der Waals surface area contributed by atoms with Gasteiger partial charge in [0.25, 0.3) is 0 Å². The van der Waals surface area contributed by atoms with Gasteiger partial charge in [-0.3, -0.25) is 10.1 Å². The molecule has 220 valence electrons. The van der Waals surface area contributed by atoms with Gasteiger partial charge in [-0.25, -0.2) is 8.42 Å². The van der Waals surface area contributed by atoms with Crippen LogP contribution in [0.15, 0.2) is 53.4 Å².